The number of hydrogen-bond acceptors (Lipinski definition) is 3. The third kappa shape index (κ3) is 3.72. The van der Waals surface area contributed by atoms with Crippen LogP contribution < -0.4 is 10.3 Å². The molecule has 4 rings (SSSR count). The Hall–Kier alpha value is -3.23. The smallest absolute Gasteiger partial charge is 0.416 e. The number of hydrogen-bond donors (Lipinski definition) is 0. The standard InChI is InChI=1S/C20H13F5N2O2/c21-19(22)29-14-4-1-11(2-5-14)9-12-7-8-27-17(12)26-16-10-13(20(23,24)25)3-6-15(16)18(27)28/h1-6,9-10,19H,7-8H2/b12-9-. The van der Waals surface area contributed by atoms with Crippen LogP contribution in [0.3, 0.4) is 0 Å². The lowest BCUT2D eigenvalue weighted by Crippen LogP contribution is -2.21. The molecule has 0 unspecified atom stereocenters. The van der Waals surface area contributed by atoms with Crippen LogP contribution in [0.1, 0.15) is 23.4 Å². The van der Waals surface area contributed by atoms with Crippen LogP contribution in [0.4, 0.5) is 22.0 Å². The molecule has 1 aliphatic rings. The maximum absolute atomic E-state index is 13.0. The lowest BCUT2D eigenvalue weighted by molar-refractivity contribution is -0.137. The normalized spacial score (nSPS) is 15.3. The second kappa shape index (κ2) is 6.98. The van der Waals surface area contributed by atoms with Crippen LogP contribution in [0.25, 0.3) is 22.6 Å². The topological polar surface area (TPSA) is 44.1 Å². The molecular weight excluding hydrogens is 395 g/mol. The van der Waals surface area contributed by atoms with Crippen molar-refractivity contribution < 1.29 is 26.7 Å². The highest BCUT2D eigenvalue weighted by molar-refractivity contribution is 5.85. The van der Waals surface area contributed by atoms with Crippen LogP contribution >= 0.6 is 0 Å². The molecule has 0 saturated carbocycles. The molecule has 3 aromatic rings. The van der Waals surface area contributed by atoms with Crippen molar-refractivity contribution in [2.45, 2.75) is 25.8 Å². The zero-order chi connectivity index (χ0) is 20.8. The van der Waals surface area contributed by atoms with Crippen molar-refractivity contribution in [3.05, 3.63) is 69.8 Å². The van der Waals surface area contributed by atoms with Gasteiger partial charge in [0.1, 0.15) is 11.6 Å². The van der Waals surface area contributed by atoms with E-state index in [0.29, 0.717) is 29.9 Å². The van der Waals surface area contributed by atoms with Gasteiger partial charge in [0, 0.05) is 6.54 Å². The number of halogens is 5. The molecule has 0 aliphatic carbocycles. The van der Waals surface area contributed by atoms with E-state index in [1.807, 2.05) is 0 Å². The van der Waals surface area contributed by atoms with Crippen molar-refractivity contribution in [2.75, 3.05) is 0 Å². The lowest BCUT2D eigenvalue weighted by atomic mass is 10.1. The predicted octanol–water partition coefficient (Wildman–Crippen LogP) is 4.96. The van der Waals surface area contributed by atoms with Gasteiger partial charge in [0.15, 0.2) is 0 Å². The van der Waals surface area contributed by atoms with E-state index < -0.39 is 23.9 Å². The summed E-state index contributed by atoms with van der Waals surface area (Å²) in [6, 6.07) is 8.76. The fourth-order valence-electron chi connectivity index (χ4n) is 3.28. The Kier molecular flexibility index (Phi) is 4.60. The van der Waals surface area contributed by atoms with Gasteiger partial charge in [-0.05, 0) is 54.0 Å². The van der Waals surface area contributed by atoms with E-state index in [1.54, 1.807) is 18.2 Å². The van der Waals surface area contributed by atoms with Gasteiger partial charge in [-0.25, -0.2) is 4.98 Å². The molecule has 0 atom stereocenters. The molecule has 1 aliphatic heterocycles. The highest BCUT2D eigenvalue weighted by Crippen LogP contribution is 2.32. The SMILES string of the molecule is O=c1c2ccc(C(F)(F)F)cc2nc2n1CC/C2=C/c1ccc(OC(F)F)cc1. The molecule has 4 nitrogen and oxygen atoms in total. The number of nitrogens with zero attached hydrogens (tertiary/aromatic N) is 2. The van der Waals surface area contributed by atoms with Crippen LogP contribution in [0.2, 0.25) is 0 Å². The molecule has 2 aromatic carbocycles. The first kappa shape index (κ1) is 19.1. The van der Waals surface area contributed by atoms with Crippen molar-refractivity contribution in [3.63, 3.8) is 0 Å². The number of aromatic nitrogens is 2. The quantitative estimate of drug-likeness (QED) is 0.576. The van der Waals surface area contributed by atoms with Gasteiger partial charge in [0.05, 0.1) is 16.5 Å². The molecule has 0 spiro atoms. The lowest BCUT2D eigenvalue weighted by Gasteiger charge is -2.09. The van der Waals surface area contributed by atoms with E-state index in [-0.39, 0.29) is 16.7 Å². The molecule has 0 bridgehead atoms. The molecule has 2 heterocycles. The van der Waals surface area contributed by atoms with Gasteiger partial charge < -0.3 is 4.74 Å². The van der Waals surface area contributed by atoms with E-state index in [0.717, 1.165) is 18.2 Å². The van der Waals surface area contributed by atoms with Gasteiger partial charge in [-0.15, -0.1) is 0 Å². The molecule has 150 valence electrons. The largest absolute Gasteiger partial charge is 0.435 e. The molecule has 0 saturated heterocycles. The first-order chi connectivity index (χ1) is 13.7. The van der Waals surface area contributed by atoms with Gasteiger partial charge in [0.25, 0.3) is 5.56 Å². The van der Waals surface area contributed by atoms with Crippen LogP contribution in [-0.4, -0.2) is 16.2 Å². The molecular formula is C20H13F5N2O2. The van der Waals surface area contributed by atoms with Gasteiger partial charge in [-0.1, -0.05) is 12.1 Å². The molecule has 0 radical (unpaired) electrons. The van der Waals surface area contributed by atoms with Gasteiger partial charge in [-0.2, -0.15) is 22.0 Å². The minimum absolute atomic E-state index is 0.00832. The van der Waals surface area contributed by atoms with Crippen molar-refractivity contribution >= 4 is 22.6 Å². The number of fused-ring (bicyclic) bond motifs is 2. The third-order valence-corrected chi connectivity index (χ3v) is 4.62. The van der Waals surface area contributed by atoms with E-state index in [4.69, 9.17) is 0 Å². The Morgan fingerprint density at radius 1 is 1.10 bits per heavy atom. The van der Waals surface area contributed by atoms with Gasteiger partial charge in [-0.3, -0.25) is 9.36 Å². The number of benzene rings is 2. The zero-order valence-corrected chi connectivity index (χ0v) is 14.7. The molecule has 9 heteroatoms. The predicted molar refractivity (Wildman–Crippen MR) is 96.6 cm³/mol. The van der Waals surface area contributed by atoms with Crippen molar-refractivity contribution in [1.29, 1.82) is 0 Å². The Balaban J connectivity index is 1.75. The summed E-state index contributed by atoms with van der Waals surface area (Å²) in [4.78, 5) is 16.9. The Labute approximate surface area is 160 Å². The van der Waals surface area contributed by atoms with Crippen LogP contribution in [-0.2, 0) is 12.7 Å². The summed E-state index contributed by atoms with van der Waals surface area (Å²) in [5, 5.41) is 0.122. The average Bonchev–Trinajstić information content (AvgIpc) is 3.05. The van der Waals surface area contributed by atoms with Gasteiger partial charge in [0.2, 0.25) is 0 Å². The van der Waals surface area contributed by atoms with E-state index in [1.165, 1.54) is 16.7 Å². The van der Waals surface area contributed by atoms with Crippen molar-refractivity contribution in [1.82, 2.24) is 9.55 Å². The maximum atomic E-state index is 13.0. The van der Waals surface area contributed by atoms with Gasteiger partial charge >= 0.3 is 12.8 Å². The summed E-state index contributed by atoms with van der Waals surface area (Å²) in [6.45, 7) is -2.57. The first-order valence-corrected chi connectivity index (χ1v) is 8.60. The minimum Gasteiger partial charge on any atom is -0.435 e. The Morgan fingerprint density at radius 2 is 1.83 bits per heavy atom. The Morgan fingerprint density at radius 3 is 2.48 bits per heavy atom. The average molecular weight is 408 g/mol. The summed E-state index contributed by atoms with van der Waals surface area (Å²) in [5.74, 6) is 0.309. The molecule has 1 aromatic heterocycles. The molecule has 0 amide bonds. The second-order valence-corrected chi connectivity index (χ2v) is 6.49. The first-order valence-electron chi connectivity index (χ1n) is 8.60. The maximum Gasteiger partial charge on any atom is 0.416 e. The number of rotatable bonds is 3. The zero-order valence-electron chi connectivity index (χ0n) is 14.7. The second-order valence-electron chi connectivity index (χ2n) is 6.49. The molecule has 29 heavy (non-hydrogen) atoms. The van der Waals surface area contributed by atoms with Crippen LogP contribution in [0.15, 0.2) is 47.3 Å². The van der Waals surface area contributed by atoms with Crippen LogP contribution in [0.5, 0.6) is 5.75 Å². The number of alkyl halides is 5. The van der Waals surface area contributed by atoms with E-state index >= 15 is 0 Å². The van der Waals surface area contributed by atoms with E-state index in [2.05, 4.69) is 9.72 Å². The minimum atomic E-state index is -4.54. The number of ether oxygens (including phenoxy) is 1. The number of allylic oxidation sites excluding steroid dienone is 1. The fourth-order valence-corrected chi connectivity index (χ4v) is 3.28. The van der Waals surface area contributed by atoms with Crippen molar-refractivity contribution in [2.24, 2.45) is 0 Å². The van der Waals surface area contributed by atoms with Crippen molar-refractivity contribution in [3.8, 4) is 5.75 Å². The summed E-state index contributed by atoms with van der Waals surface area (Å²) in [7, 11) is 0. The highest BCUT2D eigenvalue weighted by atomic mass is 19.4. The van der Waals surface area contributed by atoms with Crippen LogP contribution in [0, 0.1) is 0 Å². The monoisotopic (exact) mass is 408 g/mol. The Bertz CT molecular complexity index is 1160. The summed E-state index contributed by atoms with van der Waals surface area (Å²) >= 11 is 0. The molecule has 0 N–H and O–H groups in total. The van der Waals surface area contributed by atoms with E-state index in [9.17, 15) is 26.7 Å². The fraction of sp³-hybridized carbons (Fsp3) is 0.200. The molecule has 0 fully saturated rings. The third-order valence-electron chi connectivity index (χ3n) is 4.62. The summed E-state index contributed by atoms with van der Waals surface area (Å²) in [5.41, 5.74) is 0.0322. The highest BCUT2D eigenvalue weighted by Gasteiger charge is 2.31. The summed E-state index contributed by atoms with van der Waals surface area (Å²) in [6.07, 6.45) is -2.34. The summed E-state index contributed by atoms with van der Waals surface area (Å²) < 4.78 is 69.2.